The highest BCUT2D eigenvalue weighted by atomic mass is 16.7. The van der Waals surface area contributed by atoms with E-state index in [4.69, 9.17) is 14.6 Å². The molecule has 0 aliphatic carbocycles. The maximum absolute atomic E-state index is 10.4. The summed E-state index contributed by atoms with van der Waals surface area (Å²) in [5, 5.41) is 29.6. The van der Waals surface area contributed by atoms with Gasteiger partial charge in [0.2, 0.25) is 0 Å². The fourth-order valence-corrected chi connectivity index (χ4v) is 3.26. The van der Waals surface area contributed by atoms with Crippen LogP contribution < -0.4 is 0 Å². The minimum Gasteiger partial charge on any atom is -0.396 e. The maximum atomic E-state index is 10.4. The zero-order valence-electron chi connectivity index (χ0n) is 11.9. The molecule has 0 amide bonds. The van der Waals surface area contributed by atoms with Crippen LogP contribution >= 0.6 is 0 Å². The highest BCUT2D eigenvalue weighted by Crippen LogP contribution is 2.38. The lowest BCUT2D eigenvalue weighted by atomic mass is 9.90. The van der Waals surface area contributed by atoms with Crippen LogP contribution in [0.1, 0.15) is 30.4 Å². The third-order valence-electron chi connectivity index (χ3n) is 4.47. The number of fused-ring (bicyclic) bond motifs is 1. The van der Waals surface area contributed by atoms with E-state index in [1.807, 2.05) is 18.2 Å². The van der Waals surface area contributed by atoms with Gasteiger partial charge >= 0.3 is 0 Å². The van der Waals surface area contributed by atoms with Gasteiger partial charge in [0.25, 0.3) is 0 Å². The first-order valence-corrected chi connectivity index (χ1v) is 7.50. The molecule has 5 heteroatoms. The first-order valence-electron chi connectivity index (χ1n) is 7.50. The second-order valence-corrected chi connectivity index (χ2v) is 5.87. The molecule has 5 nitrogen and oxygen atoms in total. The molecule has 21 heavy (non-hydrogen) atoms. The molecule has 0 bridgehead atoms. The van der Waals surface area contributed by atoms with Gasteiger partial charge in [-0.05, 0) is 24.0 Å². The van der Waals surface area contributed by atoms with E-state index in [2.05, 4.69) is 6.07 Å². The quantitative estimate of drug-likeness (QED) is 0.750. The molecule has 1 aromatic rings. The Morgan fingerprint density at radius 2 is 1.95 bits per heavy atom. The van der Waals surface area contributed by atoms with Crippen LogP contribution in [0.15, 0.2) is 24.3 Å². The summed E-state index contributed by atoms with van der Waals surface area (Å²) >= 11 is 0. The van der Waals surface area contributed by atoms with E-state index < -0.39 is 18.0 Å². The SMILES string of the molecule is OCC[C@@H]1C[C@H](O)[C@@H](O)[C@@]2(CCc3ccccc3CO2)O1. The number of aliphatic hydroxyl groups excluding tert-OH is 3. The van der Waals surface area contributed by atoms with E-state index in [0.29, 0.717) is 25.9 Å². The van der Waals surface area contributed by atoms with E-state index >= 15 is 0 Å². The van der Waals surface area contributed by atoms with Crippen LogP contribution in [0.5, 0.6) is 0 Å². The minimum atomic E-state index is -1.18. The van der Waals surface area contributed by atoms with Crippen LogP contribution in [0.4, 0.5) is 0 Å². The Labute approximate surface area is 124 Å². The summed E-state index contributed by atoms with van der Waals surface area (Å²) in [4.78, 5) is 0. The Morgan fingerprint density at radius 1 is 1.19 bits per heavy atom. The normalized spacial score (nSPS) is 36.2. The van der Waals surface area contributed by atoms with Gasteiger partial charge in [-0.2, -0.15) is 0 Å². The zero-order chi connectivity index (χ0) is 14.9. The Balaban J connectivity index is 1.82. The predicted molar refractivity (Wildman–Crippen MR) is 75.5 cm³/mol. The maximum Gasteiger partial charge on any atom is 0.197 e. The van der Waals surface area contributed by atoms with Gasteiger partial charge in [0.1, 0.15) is 6.10 Å². The number of aryl methyl sites for hydroxylation is 1. The molecule has 3 N–H and O–H groups in total. The van der Waals surface area contributed by atoms with Gasteiger partial charge in [0.15, 0.2) is 5.79 Å². The smallest absolute Gasteiger partial charge is 0.197 e. The Morgan fingerprint density at radius 3 is 2.71 bits per heavy atom. The zero-order valence-corrected chi connectivity index (χ0v) is 11.9. The van der Waals surface area contributed by atoms with Crippen LogP contribution in [0.3, 0.4) is 0 Å². The summed E-state index contributed by atoms with van der Waals surface area (Å²) < 4.78 is 11.9. The number of hydrogen-bond acceptors (Lipinski definition) is 5. The van der Waals surface area contributed by atoms with Gasteiger partial charge in [-0.15, -0.1) is 0 Å². The first kappa shape index (κ1) is 14.9. The largest absolute Gasteiger partial charge is 0.396 e. The van der Waals surface area contributed by atoms with Gasteiger partial charge in [0, 0.05) is 19.4 Å². The molecule has 2 heterocycles. The molecule has 2 aliphatic rings. The summed E-state index contributed by atoms with van der Waals surface area (Å²) in [7, 11) is 0. The topological polar surface area (TPSA) is 79.2 Å². The molecule has 1 spiro atoms. The second kappa shape index (κ2) is 6.02. The number of rotatable bonds is 2. The van der Waals surface area contributed by atoms with Crippen molar-refractivity contribution in [3.8, 4) is 0 Å². The summed E-state index contributed by atoms with van der Waals surface area (Å²) in [6.07, 6.45) is -0.287. The van der Waals surface area contributed by atoms with Crippen molar-refractivity contribution in [2.24, 2.45) is 0 Å². The van der Waals surface area contributed by atoms with Crippen LogP contribution in [-0.4, -0.2) is 46.0 Å². The number of hydrogen-bond donors (Lipinski definition) is 3. The molecule has 0 aromatic heterocycles. The highest BCUT2D eigenvalue weighted by molar-refractivity contribution is 5.27. The molecule has 2 aliphatic heterocycles. The molecule has 1 saturated heterocycles. The predicted octanol–water partition coefficient (Wildman–Crippen LogP) is 0.739. The lowest BCUT2D eigenvalue weighted by Gasteiger charge is -2.46. The number of aliphatic hydroxyl groups is 3. The molecule has 1 fully saturated rings. The van der Waals surface area contributed by atoms with Gasteiger partial charge in [-0.3, -0.25) is 0 Å². The number of benzene rings is 1. The standard InChI is InChI=1S/C16H22O5/c17-8-6-13-9-14(18)15(19)16(21-13)7-5-11-3-1-2-4-12(11)10-20-16/h1-4,13-15,17-19H,5-10H2/t13-,14+,15-,16-/m1/s1. The average molecular weight is 294 g/mol. The summed E-state index contributed by atoms with van der Waals surface area (Å²) in [6, 6.07) is 8.00. The fraction of sp³-hybridized carbons (Fsp3) is 0.625. The molecular formula is C16H22O5. The number of ether oxygens (including phenoxy) is 2. The van der Waals surface area contributed by atoms with Crippen molar-refractivity contribution in [3.63, 3.8) is 0 Å². The molecule has 3 rings (SSSR count). The lowest BCUT2D eigenvalue weighted by molar-refractivity contribution is -0.346. The second-order valence-electron chi connectivity index (χ2n) is 5.87. The van der Waals surface area contributed by atoms with Crippen LogP contribution in [0.25, 0.3) is 0 Å². The molecular weight excluding hydrogens is 272 g/mol. The van der Waals surface area contributed by atoms with E-state index in [1.165, 1.54) is 5.56 Å². The molecule has 116 valence electrons. The summed E-state index contributed by atoms with van der Waals surface area (Å²) in [5.74, 6) is -1.18. The molecule has 1 aromatic carbocycles. The first-order chi connectivity index (χ1) is 10.1. The van der Waals surface area contributed by atoms with Crippen molar-refractivity contribution in [3.05, 3.63) is 35.4 Å². The third-order valence-corrected chi connectivity index (χ3v) is 4.47. The van der Waals surface area contributed by atoms with Gasteiger partial charge < -0.3 is 24.8 Å². The molecule has 4 atom stereocenters. The fourth-order valence-electron chi connectivity index (χ4n) is 3.26. The van der Waals surface area contributed by atoms with Gasteiger partial charge in [-0.25, -0.2) is 0 Å². The van der Waals surface area contributed by atoms with Crippen molar-refractivity contribution in [1.82, 2.24) is 0 Å². The van der Waals surface area contributed by atoms with Crippen molar-refractivity contribution >= 4 is 0 Å². The van der Waals surface area contributed by atoms with Gasteiger partial charge in [0.05, 0.1) is 18.8 Å². The Hall–Kier alpha value is -0.980. The van der Waals surface area contributed by atoms with E-state index in [9.17, 15) is 10.2 Å². The van der Waals surface area contributed by atoms with Crippen LogP contribution in [0.2, 0.25) is 0 Å². The monoisotopic (exact) mass is 294 g/mol. The van der Waals surface area contributed by atoms with Crippen molar-refractivity contribution in [2.45, 2.75) is 56.4 Å². The van der Waals surface area contributed by atoms with Crippen LogP contribution in [0, 0.1) is 0 Å². The van der Waals surface area contributed by atoms with E-state index in [-0.39, 0.29) is 12.7 Å². The average Bonchev–Trinajstić information content (AvgIpc) is 2.67. The van der Waals surface area contributed by atoms with Crippen LogP contribution in [-0.2, 0) is 22.5 Å². The molecule has 0 radical (unpaired) electrons. The Bertz CT molecular complexity index is 462. The Kier molecular flexibility index (Phi) is 4.28. The van der Waals surface area contributed by atoms with Crippen molar-refractivity contribution in [1.29, 1.82) is 0 Å². The molecule has 0 unspecified atom stereocenters. The summed E-state index contributed by atoms with van der Waals surface area (Å²) in [5.41, 5.74) is 2.27. The summed E-state index contributed by atoms with van der Waals surface area (Å²) in [6.45, 7) is 0.343. The van der Waals surface area contributed by atoms with E-state index in [1.54, 1.807) is 0 Å². The van der Waals surface area contributed by atoms with Gasteiger partial charge in [-0.1, -0.05) is 24.3 Å². The van der Waals surface area contributed by atoms with E-state index in [0.717, 1.165) is 12.0 Å². The van der Waals surface area contributed by atoms with Crippen molar-refractivity contribution in [2.75, 3.05) is 6.61 Å². The highest BCUT2D eigenvalue weighted by Gasteiger charge is 2.50. The minimum absolute atomic E-state index is 0.0101. The molecule has 0 saturated carbocycles. The third kappa shape index (κ3) is 2.84. The van der Waals surface area contributed by atoms with Crippen molar-refractivity contribution < 1.29 is 24.8 Å². The lowest BCUT2D eigenvalue weighted by Crippen LogP contribution is -2.59.